The predicted octanol–water partition coefficient (Wildman–Crippen LogP) is 4.88. The van der Waals surface area contributed by atoms with Crippen LogP contribution in [0, 0.1) is 13.8 Å². The predicted molar refractivity (Wildman–Crippen MR) is 101 cm³/mol. The van der Waals surface area contributed by atoms with Crippen LogP contribution in [0.15, 0.2) is 48.5 Å². The molecule has 0 atom stereocenters. The molecule has 2 heterocycles. The maximum Gasteiger partial charge on any atom is 0.205 e. The molecule has 0 spiro atoms. The van der Waals surface area contributed by atoms with Gasteiger partial charge in [0, 0.05) is 16.6 Å². The van der Waals surface area contributed by atoms with Gasteiger partial charge in [0.25, 0.3) is 0 Å². The number of anilines is 1. The molecular formula is C20H16N2OS. The van der Waals surface area contributed by atoms with Crippen molar-refractivity contribution in [2.45, 2.75) is 13.8 Å². The van der Waals surface area contributed by atoms with Crippen molar-refractivity contribution < 1.29 is 4.79 Å². The molecule has 0 radical (unpaired) electrons. The lowest BCUT2D eigenvalue weighted by molar-refractivity contribution is 0.104. The summed E-state index contributed by atoms with van der Waals surface area (Å²) in [6, 6.07) is 15.8. The van der Waals surface area contributed by atoms with E-state index < -0.39 is 0 Å². The fourth-order valence-corrected chi connectivity index (χ4v) is 4.28. The molecule has 24 heavy (non-hydrogen) atoms. The number of rotatable bonds is 2. The number of nitrogens with zero attached hydrogens (tertiary/aromatic N) is 1. The van der Waals surface area contributed by atoms with Gasteiger partial charge in [-0.3, -0.25) is 4.79 Å². The average Bonchev–Trinajstić information content (AvgIpc) is 2.90. The number of benzene rings is 2. The van der Waals surface area contributed by atoms with Gasteiger partial charge in [-0.15, -0.1) is 11.3 Å². The van der Waals surface area contributed by atoms with E-state index >= 15 is 0 Å². The van der Waals surface area contributed by atoms with Crippen LogP contribution in [0.3, 0.4) is 0 Å². The van der Waals surface area contributed by atoms with E-state index in [1.807, 2.05) is 62.4 Å². The molecule has 0 aliphatic rings. The first-order valence-electron chi connectivity index (χ1n) is 7.74. The zero-order valence-corrected chi connectivity index (χ0v) is 14.3. The second-order valence-corrected chi connectivity index (χ2v) is 7.00. The number of hydrogen-bond acceptors (Lipinski definition) is 4. The number of thiophene rings is 1. The molecule has 0 fully saturated rings. The molecule has 118 valence electrons. The van der Waals surface area contributed by atoms with E-state index in [-0.39, 0.29) is 5.78 Å². The van der Waals surface area contributed by atoms with Crippen molar-refractivity contribution in [1.29, 1.82) is 0 Å². The molecule has 2 N–H and O–H groups in total. The number of hydrogen-bond donors (Lipinski definition) is 1. The smallest absolute Gasteiger partial charge is 0.205 e. The van der Waals surface area contributed by atoms with Crippen LogP contribution in [-0.4, -0.2) is 10.8 Å². The quantitative estimate of drug-likeness (QED) is 0.532. The van der Waals surface area contributed by atoms with Crippen LogP contribution in [0.25, 0.3) is 21.0 Å². The maximum atomic E-state index is 13.0. The standard InChI is InChI=1S/C20H16N2OS/c1-11-9-12(2)22-20-16(11)17(21)19(24-20)18(23)15-8-7-13-5-3-4-6-14(13)10-15/h3-10H,21H2,1-2H3. The van der Waals surface area contributed by atoms with Gasteiger partial charge in [-0.05, 0) is 42.3 Å². The first-order chi connectivity index (χ1) is 11.5. The summed E-state index contributed by atoms with van der Waals surface area (Å²) in [6.07, 6.45) is 0. The molecule has 0 aliphatic heterocycles. The number of aromatic nitrogens is 1. The molecule has 3 nitrogen and oxygen atoms in total. The topological polar surface area (TPSA) is 56.0 Å². The lowest BCUT2D eigenvalue weighted by Gasteiger charge is -2.03. The average molecular weight is 332 g/mol. The molecule has 4 rings (SSSR count). The van der Waals surface area contributed by atoms with Crippen LogP contribution in [0.1, 0.15) is 26.5 Å². The monoisotopic (exact) mass is 332 g/mol. The molecule has 2 aromatic carbocycles. The first-order valence-corrected chi connectivity index (χ1v) is 8.56. The van der Waals surface area contributed by atoms with E-state index in [1.54, 1.807) is 0 Å². The summed E-state index contributed by atoms with van der Waals surface area (Å²) >= 11 is 1.37. The van der Waals surface area contributed by atoms with Crippen LogP contribution in [0.5, 0.6) is 0 Å². The summed E-state index contributed by atoms with van der Waals surface area (Å²) in [6.45, 7) is 3.96. The Kier molecular flexibility index (Phi) is 3.36. The summed E-state index contributed by atoms with van der Waals surface area (Å²) in [5, 5.41) is 3.06. The van der Waals surface area contributed by atoms with Crippen LogP contribution in [-0.2, 0) is 0 Å². The number of aryl methyl sites for hydroxylation is 2. The Morgan fingerprint density at radius 3 is 2.58 bits per heavy atom. The Balaban J connectivity index is 1.88. The Bertz CT molecular complexity index is 1110. The highest BCUT2D eigenvalue weighted by Gasteiger charge is 2.20. The number of nitrogen functional groups attached to an aromatic ring is 1. The van der Waals surface area contributed by atoms with Gasteiger partial charge in [0.15, 0.2) is 0 Å². The van der Waals surface area contributed by atoms with Crippen LogP contribution >= 0.6 is 11.3 Å². The molecule has 4 aromatic rings. The number of nitrogens with two attached hydrogens (primary N) is 1. The van der Waals surface area contributed by atoms with Crippen molar-refractivity contribution in [3.05, 3.63) is 70.2 Å². The highest BCUT2D eigenvalue weighted by atomic mass is 32.1. The number of fused-ring (bicyclic) bond motifs is 2. The lowest BCUT2D eigenvalue weighted by atomic mass is 10.0. The first kappa shape index (κ1) is 14.8. The second-order valence-electron chi connectivity index (χ2n) is 6.00. The molecule has 0 saturated carbocycles. The Morgan fingerprint density at radius 1 is 1.04 bits per heavy atom. The molecular weight excluding hydrogens is 316 g/mol. The molecule has 0 saturated heterocycles. The Labute approximate surface area is 143 Å². The number of carbonyl (C=O) groups excluding carboxylic acids is 1. The summed E-state index contributed by atoms with van der Waals surface area (Å²) < 4.78 is 0. The van der Waals surface area contributed by atoms with Gasteiger partial charge < -0.3 is 5.73 Å². The molecule has 0 amide bonds. The third-order valence-electron chi connectivity index (χ3n) is 4.24. The van der Waals surface area contributed by atoms with Gasteiger partial charge in [0.05, 0.1) is 5.69 Å². The van der Waals surface area contributed by atoms with E-state index in [0.717, 1.165) is 32.2 Å². The maximum absolute atomic E-state index is 13.0. The minimum Gasteiger partial charge on any atom is -0.397 e. The summed E-state index contributed by atoms with van der Waals surface area (Å²) in [5.41, 5.74) is 9.48. The number of carbonyl (C=O) groups is 1. The number of pyridine rings is 1. The van der Waals surface area contributed by atoms with Crippen molar-refractivity contribution in [1.82, 2.24) is 4.98 Å². The minimum atomic E-state index is -0.0432. The van der Waals surface area contributed by atoms with Gasteiger partial charge in [0.2, 0.25) is 5.78 Å². The minimum absolute atomic E-state index is 0.0432. The molecule has 0 unspecified atom stereocenters. The Hall–Kier alpha value is -2.72. The van der Waals surface area contributed by atoms with Crippen LogP contribution in [0.2, 0.25) is 0 Å². The number of ketones is 1. The zero-order chi connectivity index (χ0) is 16.8. The fraction of sp³-hybridized carbons (Fsp3) is 0.100. The van der Waals surface area contributed by atoms with E-state index in [4.69, 9.17) is 5.73 Å². The normalized spacial score (nSPS) is 11.2. The van der Waals surface area contributed by atoms with E-state index in [0.29, 0.717) is 16.1 Å². The van der Waals surface area contributed by atoms with Gasteiger partial charge in [0.1, 0.15) is 9.71 Å². The summed E-state index contributed by atoms with van der Waals surface area (Å²) in [5.74, 6) is -0.0432. The van der Waals surface area contributed by atoms with Gasteiger partial charge in [-0.25, -0.2) is 4.98 Å². The fourth-order valence-electron chi connectivity index (χ4n) is 3.10. The largest absolute Gasteiger partial charge is 0.397 e. The highest BCUT2D eigenvalue weighted by molar-refractivity contribution is 7.21. The third kappa shape index (κ3) is 2.27. The zero-order valence-electron chi connectivity index (χ0n) is 13.5. The van der Waals surface area contributed by atoms with E-state index in [1.165, 1.54) is 11.3 Å². The SMILES string of the molecule is Cc1cc(C)c2c(N)c(C(=O)c3ccc4ccccc4c3)sc2n1. The Morgan fingerprint density at radius 2 is 1.79 bits per heavy atom. The molecule has 0 bridgehead atoms. The highest BCUT2D eigenvalue weighted by Crippen LogP contribution is 2.36. The van der Waals surface area contributed by atoms with E-state index in [2.05, 4.69) is 4.98 Å². The van der Waals surface area contributed by atoms with Gasteiger partial charge in [-0.2, -0.15) is 0 Å². The van der Waals surface area contributed by atoms with Crippen molar-refractivity contribution >= 4 is 43.8 Å². The van der Waals surface area contributed by atoms with Gasteiger partial charge in [-0.1, -0.05) is 36.4 Å². The van der Waals surface area contributed by atoms with Crippen molar-refractivity contribution in [2.24, 2.45) is 0 Å². The molecule has 0 aliphatic carbocycles. The van der Waals surface area contributed by atoms with Gasteiger partial charge >= 0.3 is 0 Å². The lowest BCUT2D eigenvalue weighted by Crippen LogP contribution is -2.02. The van der Waals surface area contributed by atoms with Crippen LogP contribution in [0.4, 0.5) is 5.69 Å². The summed E-state index contributed by atoms with van der Waals surface area (Å²) in [4.78, 5) is 18.9. The van der Waals surface area contributed by atoms with Crippen molar-refractivity contribution in [3.8, 4) is 0 Å². The third-order valence-corrected chi connectivity index (χ3v) is 5.34. The molecule has 4 heteroatoms. The van der Waals surface area contributed by atoms with E-state index in [9.17, 15) is 4.79 Å². The van der Waals surface area contributed by atoms with Crippen LogP contribution < -0.4 is 5.73 Å². The summed E-state index contributed by atoms with van der Waals surface area (Å²) in [7, 11) is 0. The second kappa shape index (κ2) is 5.42. The molecule has 2 aromatic heterocycles. The van der Waals surface area contributed by atoms with Crippen molar-refractivity contribution in [3.63, 3.8) is 0 Å². The van der Waals surface area contributed by atoms with Crippen molar-refractivity contribution in [2.75, 3.05) is 5.73 Å².